The minimum atomic E-state index is -1.31. The summed E-state index contributed by atoms with van der Waals surface area (Å²) in [6.45, 7) is 0. The van der Waals surface area contributed by atoms with Crippen LogP contribution in [-0.4, -0.2) is 28.3 Å². The molecule has 3 rings (SSSR count). The first-order valence-electron chi connectivity index (χ1n) is 8.17. The van der Waals surface area contributed by atoms with E-state index in [1.807, 2.05) is 6.08 Å². The van der Waals surface area contributed by atoms with Crippen molar-refractivity contribution in [2.75, 3.05) is 16.8 Å². The second-order valence-corrected chi connectivity index (χ2v) is 7.83. The Bertz CT molecular complexity index is 1000. The van der Waals surface area contributed by atoms with Crippen molar-refractivity contribution in [3.8, 4) is 0 Å². The first-order chi connectivity index (χ1) is 13.3. The summed E-state index contributed by atoms with van der Waals surface area (Å²) in [5.41, 5.74) is 2.50. The van der Waals surface area contributed by atoms with Crippen molar-refractivity contribution in [2.24, 2.45) is 0 Å². The van der Waals surface area contributed by atoms with Crippen LogP contribution in [0.3, 0.4) is 0 Å². The normalized spacial score (nSPS) is 15.6. The Hall–Kier alpha value is -2.28. The minimum Gasteiger partial charge on any atom is -0.477 e. The van der Waals surface area contributed by atoms with E-state index in [4.69, 9.17) is 28.6 Å². The number of aliphatic carboxylic acids is 1. The number of thioether (sulfide) groups is 1. The van der Waals surface area contributed by atoms with Gasteiger partial charge in [-0.25, -0.2) is 9.18 Å². The third-order valence-corrected chi connectivity index (χ3v) is 5.60. The number of carboxylic acid groups (broad SMARTS) is 1. The van der Waals surface area contributed by atoms with E-state index in [1.165, 1.54) is 23.9 Å². The third kappa shape index (κ3) is 4.76. The molecule has 8 heteroatoms. The Morgan fingerprint density at radius 2 is 1.89 bits per heavy atom. The Labute approximate surface area is 175 Å². The predicted octanol–water partition coefficient (Wildman–Crippen LogP) is 5.73. The van der Waals surface area contributed by atoms with Crippen LogP contribution in [-0.2, 0) is 4.79 Å². The van der Waals surface area contributed by atoms with Gasteiger partial charge < -0.3 is 10.4 Å². The van der Waals surface area contributed by atoms with Crippen LogP contribution in [0.5, 0.6) is 0 Å². The summed E-state index contributed by atoms with van der Waals surface area (Å²) < 4.78 is 13.2. The predicted molar refractivity (Wildman–Crippen MR) is 114 cm³/mol. The van der Waals surface area contributed by atoms with Crippen LogP contribution in [0, 0.1) is 11.2 Å². The fourth-order valence-electron chi connectivity index (χ4n) is 2.68. The summed E-state index contributed by atoms with van der Waals surface area (Å²) in [4.78, 5) is 11.4. The van der Waals surface area contributed by atoms with E-state index >= 15 is 0 Å². The number of anilines is 1. The lowest BCUT2D eigenvalue weighted by atomic mass is 10.0. The van der Waals surface area contributed by atoms with Gasteiger partial charge in [-0.1, -0.05) is 35.3 Å². The Balaban J connectivity index is 2.09. The van der Waals surface area contributed by atoms with Gasteiger partial charge in [-0.2, -0.15) is 11.8 Å². The zero-order chi connectivity index (χ0) is 20.3. The zero-order valence-electron chi connectivity index (χ0n) is 14.4. The van der Waals surface area contributed by atoms with Crippen molar-refractivity contribution in [1.29, 1.82) is 5.41 Å². The topological polar surface area (TPSA) is 73.2 Å². The lowest BCUT2D eigenvalue weighted by molar-refractivity contribution is -0.129. The van der Waals surface area contributed by atoms with Gasteiger partial charge in [-0.3, -0.25) is 5.41 Å². The number of rotatable bonds is 5. The molecule has 2 aromatic rings. The molecule has 0 saturated heterocycles. The molecule has 0 radical (unpaired) electrons. The maximum Gasteiger partial charge on any atom is 0.354 e. The molecule has 4 nitrogen and oxygen atoms in total. The van der Waals surface area contributed by atoms with Crippen LogP contribution in [0.25, 0.3) is 6.08 Å². The maximum absolute atomic E-state index is 13.2. The molecule has 1 aliphatic heterocycles. The molecule has 0 aromatic heterocycles. The first kappa shape index (κ1) is 20.5. The molecule has 0 aliphatic carbocycles. The molecule has 0 atom stereocenters. The van der Waals surface area contributed by atoms with Crippen molar-refractivity contribution in [2.45, 2.75) is 0 Å². The Kier molecular flexibility index (Phi) is 6.44. The van der Waals surface area contributed by atoms with Crippen molar-refractivity contribution in [3.63, 3.8) is 0 Å². The standard InChI is InChI=1S/C20H15Cl2FN2O2S/c21-13-3-6-17(16(22)8-13)25-19-12(7-11-1-4-14(23)5-2-11)9-28-10-15(19)18(24)20(26)27/h1-8,24-25H,9-10H2,(H,26,27)/b12-7+,24-18?. The molecular formula is C20H15Cl2FN2O2S. The van der Waals surface area contributed by atoms with E-state index in [9.17, 15) is 14.3 Å². The van der Waals surface area contributed by atoms with Gasteiger partial charge >= 0.3 is 5.97 Å². The monoisotopic (exact) mass is 436 g/mol. The van der Waals surface area contributed by atoms with E-state index in [2.05, 4.69) is 5.32 Å². The molecule has 0 fully saturated rings. The molecule has 1 heterocycles. The number of nitrogens with one attached hydrogen (secondary N) is 2. The Morgan fingerprint density at radius 3 is 2.54 bits per heavy atom. The minimum absolute atomic E-state index is 0.338. The second kappa shape index (κ2) is 8.82. The molecule has 0 saturated carbocycles. The second-order valence-electron chi connectivity index (χ2n) is 6.00. The van der Waals surface area contributed by atoms with Gasteiger partial charge in [0.1, 0.15) is 11.5 Å². The average Bonchev–Trinajstić information content (AvgIpc) is 2.66. The lowest BCUT2D eigenvalue weighted by Gasteiger charge is -2.24. The van der Waals surface area contributed by atoms with Crippen molar-refractivity contribution < 1.29 is 14.3 Å². The SMILES string of the molecule is N=C(C(=O)O)C1=C(Nc2ccc(Cl)cc2Cl)/C(=C/c2ccc(F)cc2)CSC1. The molecule has 0 amide bonds. The highest BCUT2D eigenvalue weighted by Crippen LogP contribution is 2.34. The number of benzene rings is 2. The fraction of sp³-hybridized carbons (Fsp3) is 0.100. The van der Waals surface area contributed by atoms with E-state index < -0.39 is 11.7 Å². The number of carbonyl (C=O) groups is 1. The van der Waals surface area contributed by atoms with E-state index in [0.717, 1.165) is 11.1 Å². The van der Waals surface area contributed by atoms with Crippen LogP contribution in [0.1, 0.15) is 5.56 Å². The number of carboxylic acids is 1. The highest BCUT2D eigenvalue weighted by molar-refractivity contribution is 7.99. The third-order valence-electron chi connectivity index (χ3n) is 4.04. The fourth-order valence-corrected chi connectivity index (χ4v) is 4.18. The first-order valence-corrected chi connectivity index (χ1v) is 10.1. The quantitative estimate of drug-likeness (QED) is 0.522. The van der Waals surface area contributed by atoms with Gasteiger partial charge in [0.05, 0.1) is 10.7 Å². The summed E-state index contributed by atoms with van der Waals surface area (Å²) in [7, 11) is 0. The molecule has 28 heavy (non-hydrogen) atoms. The van der Waals surface area contributed by atoms with Crippen LogP contribution < -0.4 is 5.32 Å². The van der Waals surface area contributed by atoms with Gasteiger partial charge in [0.25, 0.3) is 0 Å². The number of hydrogen-bond donors (Lipinski definition) is 3. The molecule has 2 aromatic carbocycles. The van der Waals surface area contributed by atoms with E-state index in [1.54, 1.807) is 30.3 Å². The summed E-state index contributed by atoms with van der Waals surface area (Å²) >= 11 is 13.7. The van der Waals surface area contributed by atoms with Gasteiger partial charge in [0, 0.05) is 27.8 Å². The van der Waals surface area contributed by atoms with Crippen molar-refractivity contribution in [1.82, 2.24) is 0 Å². The van der Waals surface area contributed by atoms with Gasteiger partial charge in [-0.15, -0.1) is 0 Å². The largest absolute Gasteiger partial charge is 0.477 e. The van der Waals surface area contributed by atoms with Crippen LogP contribution in [0.15, 0.2) is 59.3 Å². The summed E-state index contributed by atoms with van der Waals surface area (Å²) in [6.07, 6.45) is 1.84. The van der Waals surface area contributed by atoms with Gasteiger partial charge in [-0.05, 0) is 47.5 Å². The van der Waals surface area contributed by atoms with E-state index in [-0.39, 0.29) is 5.82 Å². The molecule has 3 N–H and O–H groups in total. The summed E-state index contributed by atoms with van der Waals surface area (Å²) in [5.74, 6) is -0.670. The summed E-state index contributed by atoms with van der Waals surface area (Å²) in [5, 5.41) is 21.3. The molecule has 1 aliphatic rings. The van der Waals surface area contributed by atoms with Crippen LogP contribution in [0.4, 0.5) is 10.1 Å². The highest BCUT2D eigenvalue weighted by Gasteiger charge is 2.25. The molecule has 0 unspecified atom stereocenters. The van der Waals surface area contributed by atoms with Gasteiger partial charge in [0.2, 0.25) is 0 Å². The number of hydrogen-bond acceptors (Lipinski definition) is 4. The zero-order valence-corrected chi connectivity index (χ0v) is 16.8. The number of halogens is 3. The van der Waals surface area contributed by atoms with Crippen LogP contribution in [0.2, 0.25) is 10.0 Å². The summed E-state index contributed by atoms with van der Waals surface area (Å²) in [6, 6.07) is 10.9. The Morgan fingerprint density at radius 1 is 1.18 bits per heavy atom. The van der Waals surface area contributed by atoms with Gasteiger partial charge in [0.15, 0.2) is 0 Å². The average molecular weight is 437 g/mol. The number of allylic oxidation sites excluding steroid dienone is 1. The van der Waals surface area contributed by atoms with Crippen molar-refractivity contribution >= 4 is 58.4 Å². The smallest absolute Gasteiger partial charge is 0.354 e. The molecule has 0 bridgehead atoms. The molecule has 144 valence electrons. The van der Waals surface area contributed by atoms with Crippen molar-refractivity contribution in [3.05, 3.63) is 80.7 Å². The maximum atomic E-state index is 13.2. The van der Waals surface area contributed by atoms with E-state index in [0.29, 0.717) is 38.5 Å². The highest BCUT2D eigenvalue weighted by atomic mass is 35.5. The lowest BCUT2D eigenvalue weighted by Crippen LogP contribution is -2.24. The molecule has 0 spiro atoms. The van der Waals surface area contributed by atoms with Crippen LogP contribution >= 0.6 is 35.0 Å². The molecular weight excluding hydrogens is 422 g/mol.